The number of rotatable bonds is 6. The van der Waals surface area contributed by atoms with Gasteiger partial charge in [-0.2, -0.15) is 5.48 Å². The van der Waals surface area contributed by atoms with Gasteiger partial charge in [-0.1, -0.05) is 67.6 Å². The van der Waals surface area contributed by atoms with Gasteiger partial charge in [-0.25, -0.2) is 0 Å². The third-order valence-corrected chi connectivity index (χ3v) is 3.28. The molecular formula is C17H21NO. The molecule has 0 atom stereocenters. The van der Waals surface area contributed by atoms with E-state index >= 15 is 0 Å². The van der Waals surface area contributed by atoms with Crippen molar-refractivity contribution in [2.45, 2.75) is 25.8 Å². The third-order valence-electron chi connectivity index (χ3n) is 3.28. The van der Waals surface area contributed by atoms with Gasteiger partial charge < -0.3 is 4.84 Å². The van der Waals surface area contributed by atoms with Gasteiger partial charge in [0.1, 0.15) is 0 Å². The van der Waals surface area contributed by atoms with Crippen LogP contribution < -0.4 is 5.48 Å². The number of hydrogen-bond donors (Lipinski definition) is 1. The topological polar surface area (TPSA) is 21.3 Å². The standard InChI is InChI=1S/C17H21NO/c1-3-14-19-18-17(2,15-10-6-4-7-11-15)16-12-8-5-9-13-16/h4-13,18H,3,14H2,1-2H3. The van der Waals surface area contributed by atoms with Gasteiger partial charge in [-0.05, 0) is 24.5 Å². The molecule has 19 heavy (non-hydrogen) atoms. The summed E-state index contributed by atoms with van der Waals surface area (Å²) in [5.74, 6) is 0. The van der Waals surface area contributed by atoms with E-state index in [1.165, 1.54) is 11.1 Å². The zero-order valence-corrected chi connectivity index (χ0v) is 11.6. The summed E-state index contributed by atoms with van der Waals surface area (Å²) < 4.78 is 0. The van der Waals surface area contributed by atoms with Crippen LogP contribution in [0.1, 0.15) is 31.4 Å². The van der Waals surface area contributed by atoms with E-state index in [2.05, 4.69) is 67.9 Å². The average molecular weight is 255 g/mol. The molecule has 0 radical (unpaired) electrons. The molecule has 1 N–H and O–H groups in total. The molecule has 0 aliphatic rings. The molecule has 0 saturated carbocycles. The molecule has 2 heteroatoms. The van der Waals surface area contributed by atoms with Crippen LogP contribution in [0.25, 0.3) is 0 Å². The van der Waals surface area contributed by atoms with Gasteiger partial charge in [0.2, 0.25) is 0 Å². The molecule has 0 spiro atoms. The first kappa shape index (κ1) is 13.8. The minimum absolute atomic E-state index is 0.336. The van der Waals surface area contributed by atoms with E-state index in [9.17, 15) is 0 Å². The Morgan fingerprint density at radius 2 is 1.37 bits per heavy atom. The Bertz CT molecular complexity index is 442. The van der Waals surface area contributed by atoms with Crippen LogP contribution in [0.15, 0.2) is 60.7 Å². The molecule has 0 saturated heterocycles. The maximum Gasteiger partial charge on any atom is 0.0901 e. The molecule has 0 heterocycles. The van der Waals surface area contributed by atoms with Crippen molar-refractivity contribution in [3.05, 3.63) is 71.8 Å². The molecule has 2 rings (SSSR count). The summed E-state index contributed by atoms with van der Waals surface area (Å²) in [7, 11) is 0. The van der Waals surface area contributed by atoms with E-state index in [-0.39, 0.29) is 5.54 Å². The SMILES string of the molecule is CCCONC(C)(c1ccccc1)c1ccccc1. The fourth-order valence-corrected chi connectivity index (χ4v) is 2.12. The Balaban J connectivity index is 2.33. The molecule has 2 aromatic carbocycles. The second-order valence-corrected chi connectivity index (χ2v) is 4.81. The first-order valence-electron chi connectivity index (χ1n) is 6.77. The molecule has 0 amide bonds. The average Bonchev–Trinajstić information content (AvgIpc) is 2.49. The molecule has 100 valence electrons. The lowest BCUT2D eigenvalue weighted by Crippen LogP contribution is -2.40. The summed E-state index contributed by atoms with van der Waals surface area (Å²) in [5, 5.41) is 0. The highest BCUT2D eigenvalue weighted by molar-refractivity contribution is 5.36. The van der Waals surface area contributed by atoms with Crippen molar-refractivity contribution < 1.29 is 4.84 Å². The first-order valence-corrected chi connectivity index (χ1v) is 6.77. The first-order chi connectivity index (χ1) is 9.27. The van der Waals surface area contributed by atoms with E-state index in [1.807, 2.05) is 12.1 Å². The van der Waals surface area contributed by atoms with Gasteiger partial charge in [-0.15, -0.1) is 0 Å². The molecular weight excluding hydrogens is 234 g/mol. The van der Waals surface area contributed by atoms with Crippen LogP contribution in [0.5, 0.6) is 0 Å². The van der Waals surface area contributed by atoms with E-state index in [0.29, 0.717) is 6.61 Å². The number of hydroxylamine groups is 1. The summed E-state index contributed by atoms with van der Waals surface area (Å²) in [6.07, 6.45) is 0.993. The Kier molecular flexibility index (Phi) is 4.72. The molecule has 0 fully saturated rings. The maximum absolute atomic E-state index is 5.61. The van der Waals surface area contributed by atoms with E-state index in [1.54, 1.807) is 0 Å². The smallest absolute Gasteiger partial charge is 0.0901 e. The van der Waals surface area contributed by atoms with Crippen LogP contribution >= 0.6 is 0 Å². The monoisotopic (exact) mass is 255 g/mol. The van der Waals surface area contributed by atoms with E-state index in [4.69, 9.17) is 4.84 Å². The largest absolute Gasteiger partial charge is 0.301 e. The highest BCUT2D eigenvalue weighted by Crippen LogP contribution is 2.28. The van der Waals surface area contributed by atoms with Crippen molar-refractivity contribution in [1.82, 2.24) is 5.48 Å². The van der Waals surface area contributed by atoms with Gasteiger partial charge in [0.05, 0.1) is 12.1 Å². The fourth-order valence-electron chi connectivity index (χ4n) is 2.12. The Morgan fingerprint density at radius 3 is 1.79 bits per heavy atom. The highest BCUT2D eigenvalue weighted by Gasteiger charge is 2.28. The second-order valence-electron chi connectivity index (χ2n) is 4.81. The van der Waals surface area contributed by atoms with Crippen molar-refractivity contribution >= 4 is 0 Å². The second kappa shape index (κ2) is 6.50. The molecule has 0 aliphatic heterocycles. The maximum atomic E-state index is 5.61. The lowest BCUT2D eigenvalue weighted by atomic mass is 9.85. The zero-order valence-electron chi connectivity index (χ0n) is 11.6. The van der Waals surface area contributed by atoms with E-state index in [0.717, 1.165) is 6.42 Å². The lowest BCUT2D eigenvalue weighted by molar-refractivity contribution is -0.00579. The molecule has 2 nitrogen and oxygen atoms in total. The zero-order chi connectivity index (χ0) is 13.6. The van der Waals surface area contributed by atoms with Crippen molar-refractivity contribution in [3.63, 3.8) is 0 Å². The van der Waals surface area contributed by atoms with Crippen LogP contribution in [0, 0.1) is 0 Å². The van der Waals surface area contributed by atoms with Gasteiger partial charge >= 0.3 is 0 Å². The summed E-state index contributed by atoms with van der Waals surface area (Å²) >= 11 is 0. The van der Waals surface area contributed by atoms with Crippen LogP contribution in [-0.4, -0.2) is 6.61 Å². The number of benzene rings is 2. The minimum Gasteiger partial charge on any atom is -0.301 e. The predicted molar refractivity (Wildman–Crippen MR) is 78.7 cm³/mol. The summed E-state index contributed by atoms with van der Waals surface area (Å²) in [4.78, 5) is 5.61. The molecule has 0 aliphatic carbocycles. The highest BCUT2D eigenvalue weighted by atomic mass is 16.6. The molecule has 2 aromatic rings. The van der Waals surface area contributed by atoms with Crippen LogP contribution in [-0.2, 0) is 10.4 Å². The van der Waals surface area contributed by atoms with E-state index < -0.39 is 0 Å². The van der Waals surface area contributed by atoms with Gasteiger partial charge in [-0.3, -0.25) is 0 Å². The van der Waals surface area contributed by atoms with Gasteiger partial charge in [0.15, 0.2) is 0 Å². The predicted octanol–water partition coefficient (Wildman–Crippen LogP) is 3.88. The fraction of sp³-hybridized carbons (Fsp3) is 0.294. The van der Waals surface area contributed by atoms with Crippen LogP contribution in [0.2, 0.25) is 0 Å². The summed E-state index contributed by atoms with van der Waals surface area (Å²) in [5.41, 5.74) is 5.28. The van der Waals surface area contributed by atoms with Gasteiger partial charge in [0, 0.05) is 0 Å². The minimum atomic E-state index is -0.336. The number of hydrogen-bond acceptors (Lipinski definition) is 2. The Morgan fingerprint density at radius 1 is 0.895 bits per heavy atom. The van der Waals surface area contributed by atoms with Crippen LogP contribution in [0.4, 0.5) is 0 Å². The summed E-state index contributed by atoms with van der Waals surface area (Å²) in [6, 6.07) is 20.8. The van der Waals surface area contributed by atoms with Crippen molar-refractivity contribution in [2.75, 3.05) is 6.61 Å². The lowest BCUT2D eigenvalue weighted by Gasteiger charge is -2.31. The van der Waals surface area contributed by atoms with Crippen molar-refractivity contribution in [1.29, 1.82) is 0 Å². The molecule has 0 bridgehead atoms. The Labute approximate surface area is 115 Å². The van der Waals surface area contributed by atoms with Gasteiger partial charge in [0.25, 0.3) is 0 Å². The third kappa shape index (κ3) is 3.22. The molecule has 0 aromatic heterocycles. The Hall–Kier alpha value is -1.64. The molecule has 0 unspecified atom stereocenters. The quantitative estimate of drug-likeness (QED) is 0.624. The van der Waals surface area contributed by atoms with Crippen LogP contribution in [0.3, 0.4) is 0 Å². The number of nitrogens with one attached hydrogen (secondary N) is 1. The van der Waals surface area contributed by atoms with Crippen molar-refractivity contribution in [3.8, 4) is 0 Å². The van der Waals surface area contributed by atoms with Crippen molar-refractivity contribution in [2.24, 2.45) is 0 Å². The normalized spacial score (nSPS) is 11.5. The summed E-state index contributed by atoms with van der Waals surface area (Å²) in [6.45, 7) is 4.95.